The molecule has 3 saturated heterocycles. The molecule has 0 aliphatic carbocycles. The van der Waals surface area contributed by atoms with Crippen molar-refractivity contribution in [2.45, 2.75) is 61.9 Å². The molecule has 4 heterocycles. The van der Waals surface area contributed by atoms with Gasteiger partial charge in [-0.05, 0) is 31.4 Å². The van der Waals surface area contributed by atoms with Crippen molar-refractivity contribution >= 4 is 47.3 Å². The molecule has 0 spiro atoms. The molecule has 4 aliphatic heterocycles. The van der Waals surface area contributed by atoms with Crippen molar-refractivity contribution in [3.05, 3.63) is 35.4 Å². The van der Waals surface area contributed by atoms with E-state index in [0.29, 0.717) is 84.3 Å². The summed E-state index contributed by atoms with van der Waals surface area (Å²) < 4.78 is 33.0. The van der Waals surface area contributed by atoms with E-state index in [-0.39, 0.29) is 73.7 Å². The highest BCUT2D eigenvalue weighted by Crippen LogP contribution is 2.33. The first-order chi connectivity index (χ1) is 26.8. The van der Waals surface area contributed by atoms with Crippen LogP contribution in [0.25, 0.3) is 0 Å². The van der Waals surface area contributed by atoms with Crippen LogP contribution in [-0.2, 0) is 42.8 Å². The van der Waals surface area contributed by atoms with Crippen LogP contribution in [0.3, 0.4) is 0 Å². The number of hydrogen-bond donors (Lipinski definition) is 3. The molecule has 18 heteroatoms. The van der Waals surface area contributed by atoms with Gasteiger partial charge >= 0.3 is 6.03 Å². The van der Waals surface area contributed by atoms with Crippen LogP contribution < -0.4 is 16.0 Å². The van der Waals surface area contributed by atoms with E-state index in [9.17, 15) is 28.8 Å². The molecule has 1 unspecified atom stereocenters. The predicted octanol–water partition coefficient (Wildman–Crippen LogP) is 0.742. The number of ether oxygens (including phenoxy) is 6. The van der Waals surface area contributed by atoms with Gasteiger partial charge in [0.05, 0.1) is 109 Å². The molecule has 304 valence electrons. The summed E-state index contributed by atoms with van der Waals surface area (Å²) >= 11 is 1.89. The number of amides is 7. The number of fused-ring (bicyclic) bond motifs is 2. The normalized spacial score (nSPS) is 21.9. The minimum absolute atomic E-state index is 0.0199. The van der Waals surface area contributed by atoms with Crippen molar-refractivity contribution in [2.24, 2.45) is 0 Å². The molecular weight excluding hydrogens is 738 g/mol. The van der Waals surface area contributed by atoms with Gasteiger partial charge in [0.25, 0.3) is 17.7 Å². The van der Waals surface area contributed by atoms with E-state index in [2.05, 4.69) is 16.0 Å². The number of thioether (sulfide) groups is 1. The number of benzene rings is 1. The molecule has 55 heavy (non-hydrogen) atoms. The summed E-state index contributed by atoms with van der Waals surface area (Å²) in [4.78, 5) is 76.8. The maximum Gasteiger partial charge on any atom is 0.315 e. The molecule has 0 saturated carbocycles. The number of piperidine rings is 1. The summed E-state index contributed by atoms with van der Waals surface area (Å²) in [5, 5.41) is 9.24. The zero-order valence-corrected chi connectivity index (χ0v) is 32.0. The number of carbonyl (C=O) groups excluding carboxylic acids is 6. The Kier molecular flexibility index (Phi) is 17.6. The summed E-state index contributed by atoms with van der Waals surface area (Å²) in [6.07, 6.45) is 3.42. The Morgan fingerprint density at radius 3 is 1.91 bits per heavy atom. The fraction of sp³-hybridized carbons (Fsp3) is 0.676. The summed E-state index contributed by atoms with van der Waals surface area (Å²) in [6.45, 7) is 4.85. The maximum absolute atomic E-state index is 13.1. The lowest BCUT2D eigenvalue weighted by atomic mass is 10.0. The highest BCUT2D eigenvalue weighted by Gasteiger charge is 2.47. The maximum atomic E-state index is 13.1. The molecule has 1 aromatic rings. The number of unbranched alkanes of at least 4 members (excludes halogenated alkanes) is 1. The third kappa shape index (κ3) is 12.7. The number of carbonyl (C=O) groups is 6. The molecular formula is C37H53N5O12S. The minimum Gasteiger partial charge on any atom is -0.377 e. The summed E-state index contributed by atoms with van der Waals surface area (Å²) in [6, 6.07) is 5.79. The van der Waals surface area contributed by atoms with Crippen LogP contribution >= 0.6 is 11.8 Å². The fourth-order valence-electron chi connectivity index (χ4n) is 6.77. The van der Waals surface area contributed by atoms with E-state index >= 15 is 0 Å². The fourth-order valence-corrected chi connectivity index (χ4v) is 8.31. The van der Waals surface area contributed by atoms with Gasteiger partial charge in [0.15, 0.2) is 0 Å². The average molecular weight is 792 g/mol. The van der Waals surface area contributed by atoms with Gasteiger partial charge in [-0.2, -0.15) is 11.8 Å². The summed E-state index contributed by atoms with van der Waals surface area (Å²) in [7, 11) is 0. The van der Waals surface area contributed by atoms with Crippen LogP contribution in [0.2, 0.25) is 0 Å². The van der Waals surface area contributed by atoms with Gasteiger partial charge in [-0.1, -0.05) is 18.6 Å². The molecule has 0 radical (unpaired) electrons. The van der Waals surface area contributed by atoms with E-state index in [0.717, 1.165) is 34.8 Å². The smallest absolute Gasteiger partial charge is 0.315 e. The molecule has 3 fully saturated rings. The Morgan fingerprint density at radius 1 is 0.745 bits per heavy atom. The van der Waals surface area contributed by atoms with E-state index in [1.165, 1.54) is 0 Å². The molecule has 0 aromatic heterocycles. The monoisotopic (exact) mass is 791 g/mol. The number of hydrogen-bond acceptors (Lipinski definition) is 13. The third-order valence-corrected chi connectivity index (χ3v) is 11.1. The number of imide groups is 2. The number of urea groups is 1. The Labute approximate surface area is 325 Å². The second-order valence-electron chi connectivity index (χ2n) is 13.4. The quantitative estimate of drug-likeness (QED) is 0.0641. The molecule has 4 atom stereocenters. The number of nitrogens with zero attached hydrogens (tertiary/aromatic N) is 2. The van der Waals surface area contributed by atoms with E-state index in [4.69, 9.17) is 28.4 Å². The average Bonchev–Trinajstić information content (AvgIpc) is 3.82. The van der Waals surface area contributed by atoms with Gasteiger partial charge in [-0.25, -0.2) is 4.79 Å². The highest BCUT2D eigenvalue weighted by atomic mass is 32.2. The Bertz CT molecular complexity index is 1430. The molecule has 0 bridgehead atoms. The molecule has 4 aliphatic rings. The van der Waals surface area contributed by atoms with Gasteiger partial charge in [0.1, 0.15) is 6.04 Å². The lowest BCUT2D eigenvalue weighted by Crippen LogP contribution is -2.56. The zero-order valence-electron chi connectivity index (χ0n) is 31.2. The van der Waals surface area contributed by atoms with Gasteiger partial charge in [-0.15, -0.1) is 0 Å². The summed E-state index contributed by atoms with van der Waals surface area (Å²) in [5.74, 6) is -1.00. The Hall–Kier alpha value is -3.65. The minimum atomic E-state index is -1.02. The Balaban J connectivity index is 0.746. The van der Waals surface area contributed by atoms with Crippen molar-refractivity contribution in [3.8, 4) is 0 Å². The first kappa shape index (κ1) is 42.5. The lowest BCUT2D eigenvalue weighted by molar-refractivity contribution is -0.152. The first-order valence-electron chi connectivity index (χ1n) is 19.1. The predicted molar refractivity (Wildman–Crippen MR) is 199 cm³/mol. The van der Waals surface area contributed by atoms with Crippen LogP contribution in [0, 0.1) is 0 Å². The van der Waals surface area contributed by atoms with Crippen LogP contribution in [0.4, 0.5) is 4.79 Å². The lowest BCUT2D eigenvalue weighted by Gasteiger charge is -2.34. The number of nitrogens with one attached hydrogen (secondary N) is 3. The Morgan fingerprint density at radius 2 is 1.31 bits per heavy atom. The zero-order chi connectivity index (χ0) is 38.8. The van der Waals surface area contributed by atoms with Crippen molar-refractivity contribution < 1.29 is 57.2 Å². The standard InChI is InChI=1S/C37H53N5O12S/c43-31(8-4-3-7-30-33-28(25-55-30)39-37(48)40-33)38-11-13-49-15-17-51-19-21-53-23-24-54-22-20-52-18-16-50-14-12-41-32(44)10-9-29(36(41)47)42-34(45)26-5-1-2-6-27(26)35(42)46/h1-2,5-6,28-30,33H,3-4,7-25H2,(H,38,43)(H2,39,40,48)/t28-,29?,30-,33-/m0/s1. The van der Waals surface area contributed by atoms with E-state index in [1.54, 1.807) is 24.3 Å². The van der Waals surface area contributed by atoms with E-state index < -0.39 is 23.8 Å². The highest BCUT2D eigenvalue weighted by molar-refractivity contribution is 8.00. The molecule has 1 aromatic carbocycles. The largest absolute Gasteiger partial charge is 0.377 e. The second-order valence-corrected chi connectivity index (χ2v) is 14.6. The van der Waals surface area contributed by atoms with Gasteiger partial charge in [0, 0.05) is 30.4 Å². The van der Waals surface area contributed by atoms with Crippen LogP contribution in [0.5, 0.6) is 0 Å². The van der Waals surface area contributed by atoms with Gasteiger partial charge in [0.2, 0.25) is 11.8 Å². The third-order valence-electron chi connectivity index (χ3n) is 9.59. The second kappa shape index (κ2) is 22.8. The molecule has 5 rings (SSSR count). The SMILES string of the molecule is O=C(CCCC[C@@H]1SC[C@@H]2NC(=O)N[C@@H]21)NCCOCCOCCOCCOCCOCCOCCN1C(=O)CCC(N2C(=O)c3ccccc3C2=O)C1=O. The van der Waals surface area contributed by atoms with Crippen molar-refractivity contribution in [1.29, 1.82) is 0 Å². The van der Waals surface area contributed by atoms with Crippen LogP contribution in [-0.4, -0.2) is 167 Å². The van der Waals surface area contributed by atoms with Crippen LogP contribution in [0.15, 0.2) is 24.3 Å². The van der Waals surface area contributed by atoms with Crippen molar-refractivity contribution in [2.75, 3.05) is 98.1 Å². The first-order valence-corrected chi connectivity index (χ1v) is 20.1. The number of rotatable bonds is 27. The van der Waals surface area contributed by atoms with Gasteiger partial charge < -0.3 is 44.4 Å². The molecule has 3 N–H and O–H groups in total. The van der Waals surface area contributed by atoms with Crippen LogP contribution in [0.1, 0.15) is 59.2 Å². The topological polar surface area (TPSA) is 200 Å². The number of likely N-dealkylation sites (tertiary alicyclic amines) is 1. The molecule has 17 nitrogen and oxygen atoms in total. The van der Waals surface area contributed by atoms with Gasteiger partial charge in [-0.3, -0.25) is 33.8 Å². The van der Waals surface area contributed by atoms with Crippen molar-refractivity contribution in [1.82, 2.24) is 25.8 Å². The molecule has 7 amide bonds. The summed E-state index contributed by atoms with van der Waals surface area (Å²) in [5.41, 5.74) is 0.527. The van der Waals surface area contributed by atoms with E-state index in [1.807, 2.05) is 11.8 Å². The van der Waals surface area contributed by atoms with Crippen molar-refractivity contribution in [3.63, 3.8) is 0 Å².